The average Bonchev–Trinajstić information content (AvgIpc) is 2.46. The van der Waals surface area contributed by atoms with Gasteiger partial charge < -0.3 is 0 Å². The van der Waals surface area contributed by atoms with Crippen LogP contribution in [0, 0.1) is 6.92 Å². The summed E-state index contributed by atoms with van der Waals surface area (Å²) in [4.78, 5) is 19.0. The van der Waals surface area contributed by atoms with E-state index in [-0.39, 0.29) is 11.8 Å². The molecule has 21 heavy (non-hydrogen) atoms. The number of carbonyl (C=O) groups excluding carboxylic acids is 1. The van der Waals surface area contributed by atoms with E-state index < -0.39 is 0 Å². The van der Waals surface area contributed by atoms with Crippen LogP contribution in [0.1, 0.15) is 28.7 Å². The summed E-state index contributed by atoms with van der Waals surface area (Å²) in [7, 11) is 1.95. The standard InChI is InChI=1S/C17H19BrN2O/c1-12-5-4-6-16(19-12)11-20(3)13(2)17(21)14-7-9-15(18)10-8-14/h4-10,13H,11H2,1-3H3. The Morgan fingerprint density at radius 1 is 1.24 bits per heavy atom. The normalized spacial score (nSPS) is 12.4. The Kier molecular flexibility index (Phi) is 5.26. The highest BCUT2D eigenvalue weighted by Gasteiger charge is 2.20. The van der Waals surface area contributed by atoms with Gasteiger partial charge in [0.05, 0.1) is 11.7 Å². The number of ketones is 1. The second kappa shape index (κ2) is 6.96. The number of hydrogen-bond acceptors (Lipinski definition) is 3. The summed E-state index contributed by atoms with van der Waals surface area (Å²) in [5, 5.41) is 0. The van der Waals surface area contributed by atoms with E-state index >= 15 is 0 Å². The number of rotatable bonds is 5. The Bertz CT molecular complexity index is 625. The van der Waals surface area contributed by atoms with Gasteiger partial charge in [-0.15, -0.1) is 0 Å². The summed E-state index contributed by atoms with van der Waals surface area (Å²) in [6.45, 7) is 4.56. The lowest BCUT2D eigenvalue weighted by Crippen LogP contribution is -2.35. The Balaban J connectivity index is 2.06. The number of hydrogen-bond donors (Lipinski definition) is 0. The maximum Gasteiger partial charge on any atom is 0.179 e. The van der Waals surface area contributed by atoms with Gasteiger partial charge in [0, 0.05) is 22.3 Å². The molecule has 1 heterocycles. The Morgan fingerprint density at radius 3 is 2.52 bits per heavy atom. The monoisotopic (exact) mass is 346 g/mol. The summed E-state index contributed by atoms with van der Waals surface area (Å²) >= 11 is 3.38. The van der Waals surface area contributed by atoms with Crippen LogP contribution >= 0.6 is 15.9 Å². The smallest absolute Gasteiger partial charge is 0.179 e. The fourth-order valence-electron chi connectivity index (χ4n) is 2.14. The molecular formula is C17H19BrN2O. The third kappa shape index (κ3) is 4.22. The number of carbonyl (C=O) groups is 1. The van der Waals surface area contributed by atoms with Crippen molar-refractivity contribution in [3.63, 3.8) is 0 Å². The van der Waals surface area contributed by atoms with Crippen molar-refractivity contribution in [2.24, 2.45) is 0 Å². The molecule has 1 atom stereocenters. The minimum Gasteiger partial charge on any atom is -0.292 e. The van der Waals surface area contributed by atoms with Crippen LogP contribution in [0.3, 0.4) is 0 Å². The molecule has 0 N–H and O–H groups in total. The number of likely N-dealkylation sites (N-methyl/N-ethyl adjacent to an activating group) is 1. The quantitative estimate of drug-likeness (QED) is 0.770. The Labute approximate surface area is 134 Å². The van der Waals surface area contributed by atoms with Gasteiger partial charge in [0.1, 0.15) is 0 Å². The van der Waals surface area contributed by atoms with Gasteiger partial charge in [-0.05, 0) is 45.2 Å². The molecule has 0 saturated carbocycles. The van der Waals surface area contributed by atoms with Crippen molar-refractivity contribution in [3.05, 3.63) is 63.9 Å². The van der Waals surface area contributed by atoms with E-state index in [0.717, 1.165) is 21.4 Å². The maximum atomic E-state index is 12.5. The van der Waals surface area contributed by atoms with E-state index in [1.165, 1.54) is 0 Å². The molecule has 1 aromatic carbocycles. The molecule has 0 radical (unpaired) electrons. The van der Waals surface area contributed by atoms with Crippen molar-refractivity contribution >= 4 is 21.7 Å². The summed E-state index contributed by atoms with van der Waals surface area (Å²) < 4.78 is 0.976. The lowest BCUT2D eigenvalue weighted by Gasteiger charge is -2.23. The predicted octanol–water partition coefficient (Wildman–Crippen LogP) is 3.86. The van der Waals surface area contributed by atoms with Crippen molar-refractivity contribution in [2.75, 3.05) is 7.05 Å². The van der Waals surface area contributed by atoms with Gasteiger partial charge in [0.15, 0.2) is 5.78 Å². The first-order valence-electron chi connectivity index (χ1n) is 6.90. The zero-order chi connectivity index (χ0) is 15.4. The molecule has 0 fully saturated rings. The fourth-order valence-corrected chi connectivity index (χ4v) is 2.40. The minimum absolute atomic E-state index is 0.123. The van der Waals surface area contributed by atoms with Crippen LogP contribution < -0.4 is 0 Å². The second-order valence-electron chi connectivity index (χ2n) is 5.23. The van der Waals surface area contributed by atoms with Gasteiger partial charge in [-0.25, -0.2) is 0 Å². The summed E-state index contributed by atoms with van der Waals surface area (Å²) in [6, 6.07) is 13.2. The number of nitrogens with zero attached hydrogens (tertiary/aromatic N) is 2. The third-order valence-electron chi connectivity index (χ3n) is 3.53. The van der Waals surface area contributed by atoms with Crippen LogP contribution in [0.5, 0.6) is 0 Å². The highest BCUT2D eigenvalue weighted by Crippen LogP contribution is 2.14. The fraction of sp³-hybridized carbons (Fsp3) is 0.294. The van der Waals surface area contributed by atoms with Gasteiger partial charge in [0.25, 0.3) is 0 Å². The van der Waals surface area contributed by atoms with Crippen LogP contribution in [0.15, 0.2) is 46.9 Å². The van der Waals surface area contributed by atoms with Gasteiger partial charge in [-0.2, -0.15) is 0 Å². The molecule has 0 bridgehead atoms. The van der Waals surface area contributed by atoms with Crippen LogP contribution in [0.4, 0.5) is 0 Å². The molecule has 110 valence electrons. The molecule has 1 aromatic heterocycles. The first-order chi connectivity index (χ1) is 9.97. The van der Waals surface area contributed by atoms with E-state index in [1.807, 2.05) is 68.3 Å². The van der Waals surface area contributed by atoms with E-state index in [4.69, 9.17) is 0 Å². The van der Waals surface area contributed by atoms with Gasteiger partial charge >= 0.3 is 0 Å². The molecular weight excluding hydrogens is 328 g/mol. The molecule has 2 aromatic rings. The molecule has 0 amide bonds. The molecule has 0 spiro atoms. The number of benzene rings is 1. The number of halogens is 1. The highest BCUT2D eigenvalue weighted by molar-refractivity contribution is 9.10. The lowest BCUT2D eigenvalue weighted by atomic mass is 10.0. The number of aryl methyl sites for hydroxylation is 1. The SMILES string of the molecule is Cc1cccc(CN(C)C(C)C(=O)c2ccc(Br)cc2)n1. The highest BCUT2D eigenvalue weighted by atomic mass is 79.9. The van der Waals surface area contributed by atoms with Gasteiger partial charge in [-0.1, -0.05) is 34.1 Å². The van der Waals surface area contributed by atoms with Crippen molar-refractivity contribution < 1.29 is 4.79 Å². The second-order valence-corrected chi connectivity index (χ2v) is 6.15. The molecule has 0 aliphatic carbocycles. The van der Waals surface area contributed by atoms with Crippen LogP contribution in [0.2, 0.25) is 0 Å². The van der Waals surface area contributed by atoms with Crippen molar-refractivity contribution in [2.45, 2.75) is 26.4 Å². The van der Waals surface area contributed by atoms with Crippen LogP contribution in [0.25, 0.3) is 0 Å². The van der Waals surface area contributed by atoms with Crippen LogP contribution in [-0.2, 0) is 6.54 Å². The Morgan fingerprint density at radius 2 is 1.90 bits per heavy atom. The number of pyridine rings is 1. The predicted molar refractivity (Wildman–Crippen MR) is 88.4 cm³/mol. The zero-order valence-electron chi connectivity index (χ0n) is 12.5. The van der Waals surface area contributed by atoms with E-state index in [2.05, 4.69) is 20.9 Å². The minimum atomic E-state index is -0.187. The van der Waals surface area contributed by atoms with Crippen LogP contribution in [-0.4, -0.2) is 28.8 Å². The first-order valence-corrected chi connectivity index (χ1v) is 7.69. The molecule has 1 unspecified atom stereocenters. The van der Waals surface area contributed by atoms with Crippen molar-refractivity contribution in [1.82, 2.24) is 9.88 Å². The summed E-state index contributed by atoms with van der Waals surface area (Å²) in [6.07, 6.45) is 0. The Hall–Kier alpha value is -1.52. The largest absolute Gasteiger partial charge is 0.292 e. The molecule has 2 rings (SSSR count). The third-order valence-corrected chi connectivity index (χ3v) is 4.06. The van der Waals surface area contributed by atoms with Gasteiger partial charge in [-0.3, -0.25) is 14.7 Å². The first kappa shape index (κ1) is 15.9. The molecule has 0 aliphatic heterocycles. The van der Waals surface area contributed by atoms with Gasteiger partial charge in [0.2, 0.25) is 0 Å². The number of aromatic nitrogens is 1. The summed E-state index contributed by atoms with van der Waals surface area (Å²) in [5.74, 6) is 0.123. The molecule has 0 saturated heterocycles. The average molecular weight is 347 g/mol. The van der Waals surface area contributed by atoms with E-state index in [0.29, 0.717) is 6.54 Å². The van der Waals surface area contributed by atoms with E-state index in [1.54, 1.807) is 0 Å². The lowest BCUT2D eigenvalue weighted by molar-refractivity contribution is 0.0861. The topological polar surface area (TPSA) is 33.2 Å². The zero-order valence-corrected chi connectivity index (χ0v) is 14.1. The maximum absolute atomic E-state index is 12.5. The molecule has 4 heteroatoms. The van der Waals surface area contributed by atoms with Crippen molar-refractivity contribution in [1.29, 1.82) is 0 Å². The number of Topliss-reactive ketones (excluding diaryl/α,β-unsaturated/α-hetero) is 1. The van der Waals surface area contributed by atoms with Crippen molar-refractivity contribution in [3.8, 4) is 0 Å². The van der Waals surface area contributed by atoms with E-state index in [9.17, 15) is 4.79 Å². The molecule has 0 aliphatic rings. The summed E-state index contributed by atoms with van der Waals surface area (Å²) in [5.41, 5.74) is 2.70. The molecule has 3 nitrogen and oxygen atoms in total.